The molecule has 0 amide bonds. The Morgan fingerprint density at radius 2 is 1.85 bits per heavy atom. The normalized spacial score (nSPS) is 9.85. The van der Waals surface area contributed by atoms with E-state index in [9.17, 15) is 0 Å². The summed E-state index contributed by atoms with van der Waals surface area (Å²) in [6.07, 6.45) is 3.47. The van der Waals surface area contributed by atoms with Gasteiger partial charge in [-0.1, -0.05) is 22.9 Å². The third-order valence-electron chi connectivity index (χ3n) is 1.76. The topological polar surface area (TPSA) is 42.8 Å². The summed E-state index contributed by atoms with van der Waals surface area (Å²) in [5.41, 5.74) is 7.23. The van der Waals surface area contributed by atoms with Gasteiger partial charge in [-0.15, -0.1) is 0 Å². The highest BCUT2D eigenvalue weighted by atomic mass is 15.3. The third kappa shape index (κ3) is 1.64. The van der Waals surface area contributed by atoms with Crippen molar-refractivity contribution < 1.29 is 4.68 Å². The largest absolute Gasteiger partial charge is 0.397 e. The Bertz CT molecular complexity index is 381. The molecule has 0 aliphatic rings. The first kappa shape index (κ1) is 7.73. The zero-order valence-corrected chi connectivity index (χ0v) is 7.09. The number of benzene rings is 1. The second-order valence-corrected chi connectivity index (χ2v) is 2.74. The van der Waals surface area contributed by atoms with Crippen LogP contribution in [-0.2, 0) is 0 Å². The zero-order chi connectivity index (χ0) is 9.10. The molecule has 1 aromatic heterocycles. The Kier molecular flexibility index (Phi) is 1.92. The maximum atomic E-state index is 5.53. The van der Waals surface area contributed by atoms with Crippen molar-refractivity contribution in [2.24, 2.45) is 0 Å². The van der Waals surface area contributed by atoms with Crippen molar-refractivity contribution in [3.05, 3.63) is 48.8 Å². The number of nitrogens with zero attached hydrogens (tertiary/aromatic N) is 2. The van der Waals surface area contributed by atoms with Gasteiger partial charge in [0.25, 0.3) is 0 Å². The maximum Gasteiger partial charge on any atom is 0.238 e. The highest BCUT2D eigenvalue weighted by molar-refractivity contribution is 5.31. The first-order chi connectivity index (χ1) is 6.36. The minimum absolute atomic E-state index is 0.673. The molecule has 1 aromatic carbocycles. The van der Waals surface area contributed by atoms with Crippen molar-refractivity contribution in [3.8, 4) is 5.69 Å². The first-order valence-corrected chi connectivity index (χ1v) is 4.05. The summed E-state index contributed by atoms with van der Waals surface area (Å²) in [4.78, 5) is 0. The van der Waals surface area contributed by atoms with Crippen LogP contribution in [0, 0.1) is 0 Å². The number of para-hydroxylation sites is 1. The van der Waals surface area contributed by atoms with E-state index in [0.29, 0.717) is 5.69 Å². The Labute approximate surface area is 76.4 Å². The van der Waals surface area contributed by atoms with E-state index in [-0.39, 0.29) is 0 Å². The van der Waals surface area contributed by atoms with E-state index in [0.717, 1.165) is 5.69 Å². The van der Waals surface area contributed by atoms with Gasteiger partial charge in [-0.25, -0.2) is 0 Å². The van der Waals surface area contributed by atoms with Crippen LogP contribution in [0.1, 0.15) is 0 Å². The molecule has 64 valence electrons. The number of nitrogens with two attached hydrogens (primary N) is 1. The van der Waals surface area contributed by atoms with Crippen LogP contribution < -0.4 is 10.4 Å². The average Bonchev–Trinajstić information content (AvgIpc) is 2.20. The molecule has 0 saturated carbocycles. The molecule has 0 radical (unpaired) electrons. The van der Waals surface area contributed by atoms with Crippen molar-refractivity contribution >= 4 is 5.69 Å². The predicted octanol–water partition coefficient (Wildman–Crippen LogP) is 0.941. The van der Waals surface area contributed by atoms with Crippen molar-refractivity contribution in [2.45, 2.75) is 0 Å². The molecule has 0 aliphatic heterocycles. The van der Waals surface area contributed by atoms with Gasteiger partial charge in [0.15, 0.2) is 0 Å². The van der Waals surface area contributed by atoms with Crippen molar-refractivity contribution in [1.29, 1.82) is 0 Å². The molecule has 3 nitrogen and oxygen atoms in total. The molecule has 0 saturated heterocycles. The minimum Gasteiger partial charge on any atom is -0.397 e. The van der Waals surface area contributed by atoms with Crippen molar-refractivity contribution in [2.75, 3.05) is 5.73 Å². The van der Waals surface area contributed by atoms with Crippen LogP contribution in [0.3, 0.4) is 0 Å². The summed E-state index contributed by atoms with van der Waals surface area (Å²) < 4.78 is 1.77. The summed E-state index contributed by atoms with van der Waals surface area (Å²) in [5, 5.41) is 4.14. The molecule has 0 fully saturated rings. The molecular formula is C10H10N3+. The van der Waals surface area contributed by atoms with E-state index in [1.807, 2.05) is 42.6 Å². The van der Waals surface area contributed by atoms with Gasteiger partial charge in [-0.05, 0) is 5.10 Å². The van der Waals surface area contributed by atoms with E-state index in [4.69, 9.17) is 5.73 Å². The Morgan fingerprint density at radius 3 is 2.46 bits per heavy atom. The van der Waals surface area contributed by atoms with Gasteiger partial charge in [-0.3, -0.25) is 0 Å². The lowest BCUT2D eigenvalue weighted by Gasteiger charge is -1.91. The summed E-state index contributed by atoms with van der Waals surface area (Å²) >= 11 is 0. The molecule has 2 rings (SSSR count). The molecule has 3 heteroatoms. The van der Waals surface area contributed by atoms with E-state index in [1.54, 1.807) is 10.9 Å². The lowest BCUT2D eigenvalue weighted by atomic mass is 10.3. The first-order valence-electron chi connectivity index (χ1n) is 4.05. The van der Waals surface area contributed by atoms with Crippen LogP contribution in [0.15, 0.2) is 48.8 Å². The van der Waals surface area contributed by atoms with E-state index in [2.05, 4.69) is 5.10 Å². The fraction of sp³-hybridized carbons (Fsp3) is 0. The highest BCUT2D eigenvalue weighted by Crippen LogP contribution is 1.97. The van der Waals surface area contributed by atoms with Crippen LogP contribution in [-0.4, -0.2) is 5.10 Å². The Morgan fingerprint density at radius 1 is 1.08 bits per heavy atom. The number of anilines is 1. The Hall–Kier alpha value is -1.90. The maximum absolute atomic E-state index is 5.53. The zero-order valence-electron chi connectivity index (χ0n) is 7.09. The molecule has 0 atom stereocenters. The molecule has 2 aromatic rings. The monoisotopic (exact) mass is 172 g/mol. The lowest BCUT2D eigenvalue weighted by molar-refractivity contribution is -0.659. The number of nitrogen functional groups attached to an aromatic ring is 1. The van der Waals surface area contributed by atoms with Gasteiger partial charge < -0.3 is 5.73 Å². The Balaban J connectivity index is 2.42. The molecule has 13 heavy (non-hydrogen) atoms. The SMILES string of the molecule is Nc1cc[n+](-c2ccccc2)nc1. The van der Waals surface area contributed by atoms with E-state index >= 15 is 0 Å². The van der Waals surface area contributed by atoms with Gasteiger partial charge in [-0.2, -0.15) is 0 Å². The number of aromatic nitrogens is 2. The van der Waals surface area contributed by atoms with Crippen LogP contribution in [0.5, 0.6) is 0 Å². The van der Waals surface area contributed by atoms with Gasteiger partial charge in [0.1, 0.15) is 6.20 Å². The van der Waals surface area contributed by atoms with E-state index < -0.39 is 0 Å². The molecule has 0 spiro atoms. The number of rotatable bonds is 1. The second kappa shape index (κ2) is 3.23. The van der Waals surface area contributed by atoms with Crippen LogP contribution in [0.2, 0.25) is 0 Å². The van der Waals surface area contributed by atoms with Gasteiger partial charge >= 0.3 is 0 Å². The summed E-state index contributed by atoms with van der Waals surface area (Å²) in [6, 6.07) is 11.7. The second-order valence-electron chi connectivity index (χ2n) is 2.74. The highest BCUT2D eigenvalue weighted by Gasteiger charge is 2.04. The number of hydrogen-bond acceptors (Lipinski definition) is 2. The van der Waals surface area contributed by atoms with Crippen molar-refractivity contribution in [1.82, 2.24) is 5.10 Å². The van der Waals surface area contributed by atoms with Crippen LogP contribution in [0.25, 0.3) is 5.69 Å². The molecule has 0 unspecified atom stereocenters. The van der Waals surface area contributed by atoms with Gasteiger partial charge in [0.05, 0.1) is 5.69 Å². The minimum atomic E-state index is 0.673. The smallest absolute Gasteiger partial charge is 0.238 e. The van der Waals surface area contributed by atoms with Gasteiger partial charge in [0, 0.05) is 18.2 Å². The quantitative estimate of drug-likeness (QED) is 0.650. The van der Waals surface area contributed by atoms with E-state index in [1.165, 1.54) is 0 Å². The summed E-state index contributed by atoms with van der Waals surface area (Å²) in [6.45, 7) is 0. The third-order valence-corrected chi connectivity index (χ3v) is 1.76. The fourth-order valence-electron chi connectivity index (χ4n) is 1.10. The fourth-order valence-corrected chi connectivity index (χ4v) is 1.10. The molecule has 1 heterocycles. The standard InChI is InChI=1S/C10H9N3/c11-9-6-7-13(12-8-9)10-4-2-1-3-5-10/h1-8,11H/p+1. The molecular weight excluding hydrogens is 162 g/mol. The number of hydrogen-bond donors (Lipinski definition) is 1. The molecule has 2 N–H and O–H groups in total. The summed E-state index contributed by atoms with van der Waals surface area (Å²) in [7, 11) is 0. The van der Waals surface area contributed by atoms with Crippen LogP contribution >= 0.6 is 0 Å². The van der Waals surface area contributed by atoms with Crippen LogP contribution in [0.4, 0.5) is 5.69 Å². The summed E-state index contributed by atoms with van der Waals surface area (Å²) in [5.74, 6) is 0. The molecule has 0 bridgehead atoms. The average molecular weight is 172 g/mol. The predicted molar refractivity (Wildman–Crippen MR) is 50.2 cm³/mol. The van der Waals surface area contributed by atoms with Gasteiger partial charge in [0.2, 0.25) is 11.9 Å². The van der Waals surface area contributed by atoms with Crippen molar-refractivity contribution in [3.63, 3.8) is 0 Å². The molecule has 0 aliphatic carbocycles. The lowest BCUT2D eigenvalue weighted by Crippen LogP contribution is -2.34.